The van der Waals surface area contributed by atoms with Crippen LogP contribution in [0.3, 0.4) is 0 Å². The standard InChI is InChI=1S/C17H14F2N2O3S/c1-3-16(22)20-13-7-4-11(5-8-13)17(23)21-25(2,24)15-9-6-12(18)10-14(15)19/h3-10H,1H2,2H3,(H,20,22). The van der Waals surface area contributed by atoms with E-state index in [1.807, 2.05) is 0 Å². The van der Waals surface area contributed by atoms with Crippen molar-refractivity contribution < 1.29 is 22.6 Å². The number of hydrogen-bond donors (Lipinski definition) is 1. The SMILES string of the molecule is C=CC(=O)Nc1ccc(C(=O)N=S(C)(=O)c2ccc(F)cc2F)cc1. The second-order valence-corrected chi connectivity index (χ2v) is 7.27. The number of halogens is 2. The fraction of sp³-hybridized carbons (Fsp3) is 0.0588. The van der Waals surface area contributed by atoms with E-state index in [1.54, 1.807) is 0 Å². The normalized spacial score (nSPS) is 12.8. The summed E-state index contributed by atoms with van der Waals surface area (Å²) in [5.74, 6) is -3.09. The highest BCUT2D eigenvalue weighted by molar-refractivity contribution is 7.93. The van der Waals surface area contributed by atoms with Gasteiger partial charge in [-0.05, 0) is 42.5 Å². The monoisotopic (exact) mass is 364 g/mol. The molecule has 2 aromatic carbocycles. The van der Waals surface area contributed by atoms with Gasteiger partial charge in [-0.3, -0.25) is 9.59 Å². The molecule has 0 aliphatic rings. The maximum absolute atomic E-state index is 13.8. The molecule has 0 fully saturated rings. The summed E-state index contributed by atoms with van der Waals surface area (Å²) in [6.07, 6.45) is 2.19. The molecular weight excluding hydrogens is 350 g/mol. The second-order valence-electron chi connectivity index (χ2n) is 5.04. The van der Waals surface area contributed by atoms with Crippen LogP contribution < -0.4 is 5.32 Å². The Morgan fingerprint density at radius 3 is 2.36 bits per heavy atom. The summed E-state index contributed by atoms with van der Waals surface area (Å²) in [5.41, 5.74) is 0.539. The lowest BCUT2D eigenvalue weighted by molar-refractivity contribution is -0.111. The summed E-state index contributed by atoms with van der Waals surface area (Å²) in [6.45, 7) is 3.32. The van der Waals surface area contributed by atoms with Crippen molar-refractivity contribution in [3.05, 3.63) is 72.3 Å². The predicted molar refractivity (Wildman–Crippen MR) is 90.7 cm³/mol. The molecule has 2 aromatic rings. The molecule has 0 saturated carbocycles. The summed E-state index contributed by atoms with van der Waals surface area (Å²) in [7, 11) is -3.39. The average molecular weight is 364 g/mol. The number of rotatable bonds is 4. The van der Waals surface area contributed by atoms with Gasteiger partial charge in [-0.15, -0.1) is 0 Å². The van der Waals surface area contributed by atoms with Gasteiger partial charge in [0.1, 0.15) is 11.6 Å². The van der Waals surface area contributed by atoms with Crippen LogP contribution >= 0.6 is 0 Å². The Morgan fingerprint density at radius 1 is 1.16 bits per heavy atom. The van der Waals surface area contributed by atoms with Crippen molar-refractivity contribution in [1.82, 2.24) is 0 Å². The molecule has 0 spiro atoms. The Kier molecular flexibility index (Phi) is 5.43. The topological polar surface area (TPSA) is 75.6 Å². The molecule has 0 aromatic heterocycles. The van der Waals surface area contributed by atoms with Crippen molar-refractivity contribution in [2.45, 2.75) is 4.90 Å². The third-order valence-electron chi connectivity index (χ3n) is 3.14. The predicted octanol–water partition coefficient (Wildman–Crippen LogP) is 3.39. The molecule has 1 unspecified atom stereocenters. The van der Waals surface area contributed by atoms with E-state index in [9.17, 15) is 22.6 Å². The first-order valence-corrected chi connectivity index (χ1v) is 8.90. The first-order valence-electron chi connectivity index (χ1n) is 6.98. The van der Waals surface area contributed by atoms with Crippen LogP contribution in [0.5, 0.6) is 0 Å². The molecule has 0 bridgehead atoms. The van der Waals surface area contributed by atoms with Gasteiger partial charge in [0, 0.05) is 23.6 Å². The molecule has 5 nitrogen and oxygen atoms in total. The van der Waals surface area contributed by atoms with Gasteiger partial charge < -0.3 is 5.32 Å². The quantitative estimate of drug-likeness (QED) is 0.845. The first-order chi connectivity index (χ1) is 11.7. The van der Waals surface area contributed by atoms with Crippen molar-refractivity contribution >= 4 is 27.2 Å². The van der Waals surface area contributed by atoms with E-state index < -0.39 is 33.2 Å². The Morgan fingerprint density at radius 2 is 1.80 bits per heavy atom. The van der Waals surface area contributed by atoms with Crippen molar-refractivity contribution in [3.8, 4) is 0 Å². The number of anilines is 1. The maximum atomic E-state index is 13.8. The summed E-state index contributed by atoms with van der Waals surface area (Å²) < 4.78 is 42.8. The van der Waals surface area contributed by atoms with Crippen LogP contribution in [0.4, 0.5) is 14.5 Å². The van der Waals surface area contributed by atoms with E-state index in [0.29, 0.717) is 11.8 Å². The van der Waals surface area contributed by atoms with Crippen molar-refractivity contribution in [3.63, 3.8) is 0 Å². The fourth-order valence-electron chi connectivity index (χ4n) is 1.93. The lowest BCUT2D eigenvalue weighted by atomic mass is 10.2. The third kappa shape index (κ3) is 4.57. The summed E-state index contributed by atoms with van der Waals surface area (Å²) >= 11 is 0. The van der Waals surface area contributed by atoms with Crippen LogP contribution in [0.25, 0.3) is 0 Å². The van der Waals surface area contributed by atoms with E-state index in [0.717, 1.165) is 24.5 Å². The van der Waals surface area contributed by atoms with Gasteiger partial charge in [-0.1, -0.05) is 6.58 Å². The van der Waals surface area contributed by atoms with Crippen LogP contribution in [0, 0.1) is 11.6 Å². The van der Waals surface area contributed by atoms with Gasteiger partial charge in [-0.25, -0.2) is 13.0 Å². The molecule has 1 N–H and O–H groups in total. The molecule has 1 atom stereocenters. The molecule has 130 valence electrons. The number of amides is 2. The number of hydrogen-bond acceptors (Lipinski definition) is 3. The van der Waals surface area contributed by atoms with E-state index in [4.69, 9.17) is 0 Å². The highest BCUT2D eigenvalue weighted by Gasteiger charge is 2.16. The summed E-state index contributed by atoms with van der Waals surface area (Å²) in [4.78, 5) is 23.0. The molecular formula is C17H14F2N2O3S. The van der Waals surface area contributed by atoms with Crippen molar-refractivity contribution in [1.29, 1.82) is 0 Å². The molecule has 2 amide bonds. The zero-order chi connectivity index (χ0) is 18.6. The van der Waals surface area contributed by atoms with Gasteiger partial charge in [0.25, 0.3) is 5.91 Å². The van der Waals surface area contributed by atoms with Crippen LogP contribution in [-0.4, -0.2) is 22.3 Å². The molecule has 0 heterocycles. The van der Waals surface area contributed by atoms with E-state index in [-0.39, 0.29) is 10.5 Å². The minimum Gasteiger partial charge on any atom is -0.323 e. The van der Waals surface area contributed by atoms with E-state index >= 15 is 0 Å². The molecule has 0 aliphatic carbocycles. The highest BCUT2D eigenvalue weighted by atomic mass is 32.2. The minimum atomic E-state index is -3.39. The second kappa shape index (κ2) is 7.35. The van der Waals surface area contributed by atoms with E-state index in [2.05, 4.69) is 16.3 Å². The molecule has 0 radical (unpaired) electrons. The highest BCUT2D eigenvalue weighted by Crippen LogP contribution is 2.19. The molecule has 0 aliphatic heterocycles. The van der Waals surface area contributed by atoms with Gasteiger partial charge in [-0.2, -0.15) is 4.36 Å². The summed E-state index contributed by atoms with van der Waals surface area (Å²) in [5, 5.41) is 2.50. The van der Waals surface area contributed by atoms with Crippen molar-refractivity contribution in [2.75, 3.05) is 11.6 Å². The lowest BCUT2D eigenvalue weighted by Crippen LogP contribution is -2.08. The molecule has 0 saturated heterocycles. The Hall–Kier alpha value is -2.87. The Labute approximate surface area is 143 Å². The van der Waals surface area contributed by atoms with Gasteiger partial charge in [0.15, 0.2) is 0 Å². The van der Waals surface area contributed by atoms with Crippen LogP contribution in [0.1, 0.15) is 10.4 Å². The zero-order valence-corrected chi connectivity index (χ0v) is 14.0. The number of benzene rings is 2. The Bertz CT molecular complexity index is 962. The van der Waals surface area contributed by atoms with Gasteiger partial charge >= 0.3 is 0 Å². The van der Waals surface area contributed by atoms with Crippen molar-refractivity contribution in [2.24, 2.45) is 4.36 Å². The molecule has 8 heteroatoms. The van der Waals surface area contributed by atoms with Gasteiger partial charge in [0.2, 0.25) is 5.91 Å². The van der Waals surface area contributed by atoms with Crippen LogP contribution in [-0.2, 0) is 14.5 Å². The average Bonchev–Trinajstić information content (AvgIpc) is 2.54. The molecule has 2 rings (SSSR count). The smallest absolute Gasteiger partial charge is 0.285 e. The van der Waals surface area contributed by atoms with Gasteiger partial charge in [0.05, 0.1) is 14.6 Å². The zero-order valence-electron chi connectivity index (χ0n) is 13.2. The summed E-state index contributed by atoms with van der Waals surface area (Å²) in [6, 6.07) is 8.19. The molecule has 25 heavy (non-hydrogen) atoms. The van der Waals surface area contributed by atoms with E-state index in [1.165, 1.54) is 24.3 Å². The van der Waals surface area contributed by atoms with Crippen LogP contribution in [0.15, 0.2) is 64.4 Å². The number of nitrogens with zero attached hydrogens (tertiary/aromatic N) is 1. The third-order valence-corrected chi connectivity index (χ3v) is 4.81. The largest absolute Gasteiger partial charge is 0.323 e. The maximum Gasteiger partial charge on any atom is 0.285 e. The Balaban J connectivity index is 2.30. The fourth-order valence-corrected chi connectivity index (χ4v) is 3.19. The van der Waals surface area contributed by atoms with Crippen LogP contribution in [0.2, 0.25) is 0 Å². The number of carbonyl (C=O) groups excluding carboxylic acids is 2. The lowest BCUT2D eigenvalue weighted by Gasteiger charge is -2.06. The number of carbonyl (C=O) groups is 2. The minimum absolute atomic E-state index is 0.105. The number of nitrogens with one attached hydrogen (secondary N) is 1. The first kappa shape index (κ1) is 18.5.